The third-order valence-corrected chi connectivity index (χ3v) is 6.29. The van der Waals surface area contributed by atoms with Crippen molar-refractivity contribution in [3.8, 4) is 17.2 Å². The minimum absolute atomic E-state index is 0.0946. The van der Waals surface area contributed by atoms with Gasteiger partial charge in [-0.1, -0.05) is 29.8 Å². The van der Waals surface area contributed by atoms with Gasteiger partial charge in [0.1, 0.15) is 11.5 Å². The fourth-order valence-corrected chi connectivity index (χ4v) is 4.49. The number of anilines is 1. The van der Waals surface area contributed by atoms with Crippen molar-refractivity contribution in [1.29, 1.82) is 0 Å². The molecule has 7 nitrogen and oxygen atoms in total. The maximum Gasteiger partial charge on any atom is 0.300 e. The van der Waals surface area contributed by atoms with Crippen LogP contribution >= 0.6 is 11.6 Å². The Labute approximate surface area is 214 Å². The van der Waals surface area contributed by atoms with Crippen LogP contribution in [0.3, 0.4) is 0 Å². The first-order valence-corrected chi connectivity index (χ1v) is 11.7. The van der Waals surface area contributed by atoms with Crippen LogP contribution in [0, 0.1) is 6.92 Å². The number of ether oxygens (including phenoxy) is 3. The molecular formula is C28H26ClNO6. The molecule has 0 saturated carbocycles. The number of nitrogens with zero attached hydrogens (tertiary/aromatic N) is 1. The predicted molar refractivity (Wildman–Crippen MR) is 138 cm³/mol. The van der Waals surface area contributed by atoms with Crippen LogP contribution in [0.5, 0.6) is 17.2 Å². The Morgan fingerprint density at radius 1 is 1.00 bits per heavy atom. The molecule has 8 heteroatoms. The van der Waals surface area contributed by atoms with Crippen LogP contribution in [-0.4, -0.2) is 37.6 Å². The van der Waals surface area contributed by atoms with Gasteiger partial charge in [-0.25, -0.2) is 0 Å². The average Bonchev–Trinajstić information content (AvgIpc) is 3.14. The Morgan fingerprint density at radius 3 is 2.44 bits per heavy atom. The molecule has 0 aromatic heterocycles. The van der Waals surface area contributed by atoms with E-state index < -0.39 is 23.5 Å². The Bertz CT molecular complexity index is 1370. The summed E-state index contributed by atoms with van der Waals surface area (Å²) in [5, 5.41) is 11.6. The van der Waals surface area contributed by atoms with Gasteiger partial charge < -0.3 is 19.3 Å². The predicted octanol–water partition coefficient (Wildman–Crippen LogP) is 5.69. The second-order valence-corrected chi connectivity index (χ2v) is 8.60. The molecule has 1 aliphatic rings. The smallest absolute Gasteiger partial charge is 0.300 e. The molecular weight excluding hydrogens is 482 g/mol. The quantitative estimate of drug-likeness (QED) is 0.251. The lowest BCUT2D eigenvalue weighted by Gasteiger charge is -2.26. The highest BCUT2D eigenvalue weighted by Crippen LogP contribution is 2.45. The molecule has 1 saturated heterocycles. The van der Waals surface area contributed by atoms with E-state index in [1.54, 1.807) is 42.5 Å². The number of benzene rings is 3. The molecule has 4 rings (SSSR count). The normalized spacial score (nSPS) is 16.8. The highest BCUT2D eigenvalue weighted by molar-refractivity contribution is 6.52. The van der Waals surface area contributed by atoms with Crippen molar-refractivity contribution in [3.05, 3.63) is 87.9 Å². The third-order valence-electron chi connectivity index (χ3n) is 5.96. The van der Waals surface area contributed by atoms with E-state index in [2.05, 4.69) is 0 Å². The molecule has 1 aliphatic heterocycles. The third kappa shape index (κ3) is 4.50. The summed E-state index contributed by atoms with van der Waals surface area (Å²) in [7, 11) is 2.99. The van der Waals surface area contributed by atoms with Crippen LogP contribution in [-0.2, 0) is 9.59 Å². The standard InChI is InChI=1S/C28H26ClNO6/c1-5-36-22-12-9-17(14-23(22)35-4)25-24(26(31)20-15-19(34-3)10-11-21(20)29)27(32)28(33)30(25)18-8-6-7-16(2)13-18/h6-15,25,31H,5H2,1-4H3/b26-24+. The van der Waals surface area contributed by atoms with Gasteiger partial charge in [-0.15, -0.1) is 0 Å². The lowest BCUT2D eigenvalue weighted by Crippen LogP contribution is -2.29. The molecule has 0 spiro atoms. The number of halogens is 1. The number of Topliss-reactive ketones (excluding diaryl/α,β-unsaturated/α-hetero) is 1. The number of aliphatic hydroxyl groups is 1. The number of aryl methyl sites for hydroxylation is 1. The number of rotatable bonds is 7. The zero-order chi connectivity index (χ0) is 26.0. The van der Waals surface area contributed by atoms with E-state index in [0.717, 1.165) is 5.56 Å². The molecule has 3 aromatic carbocycles. The maximum absolute atomic E-state index is 13.4. The average molecular weight is 508 g/mol. The first-order valence-electron chi connectivity index (χ1n) is 11.3. The minimum Gasteiger partial charge on any atom is -0.507 e. The van der Waals surface area contributed by atoms with Crippen molar-refractivity contribution in [2.45, 2.75) is 19.9 Å². The van der Waals surface area contributed by atoms with Gasteiger partial charge in [-0.05, 0) is 67.4 Å². The van der Waals surface area contributed by atoms with Gasteiger partial charge in [-0.2, -0.15) is 0 Å². The number of amides is 1. The summed E-state index contributed by atoms with van der Waals surface area (Å²) in [6.07, 6.45) is 0. The highest BCUT2D eigenvalue weighted by Gasteiger charge is 2.47. The number of hydrogen-bond acceptors (Lipinski definition) is 6. The van der Waals surface area contributed by atoms with Crippen molar-refractivity contribution < 1.29 is 28.9 Å². The first kappa shape index (κ1) is 25.1. The Morgan fingerprint density at radius 2 is 1.78 bits per heavy atom. The number of ketones is 1. The molecule has 1 amide bonds. The molecule has 1 heterocycles. The first-order chi connectivity index (χ1) is 17.3. The van der Waals surface area contributed by atoms with Gasteiger partial charge in [0.05, 0.1) is 37.5 Å². The topological polar surface area (TPSA) is 85.3 Å². The van der Waals surface area contributed by atoms with Crippen LogP contribution in [0.25, 0.3) is 5.76 Å². The van der Waals surface area contributed by atoms with E-state index in [1.165, 1.54) is 25.2 Å². The summed E-state index contributed by atoms with van der Waals surface area (Å²) in [6.45, 7) is 4.19. The summed E-state index contributed by atoms with van der Waals surface area (Å²) < 4.78 is 16.4. The number of hydrogen-bond donors (Lipinski definition) is 1. The Balaban J connectivity index is 1.99. The number of carbonyl (C=O) groups excluding carboxylic acids is 2. The van der Waals surface area contributed by atoms with Crippen molar-refractivity contribution in [2.24, 2.45) is 0 Å². The molecule has 1 unspecified atom stereocenters. The van der Waals surface area contributed by atoms with E-state index in [4.69, 9.17) is 25.8 Å². The molecule has 0 bridgehead atoms. The van der Waals surface area contributed by atoms with Gasteiger partial charge in [0.25, 0.3) is 11.7 Å². The summed E-state index contributed by atoms with van der Waals surface area (Å²) in [5.74, 6) is -0.598. The molecule has 0 aliphatic carbocycles. The molecule has 1 fully saturated rings. The van der Waals surface area contributed by atoms with Crippen molar-refractivity contribution in [2.75, 3.05) is 25.7 Å². The van der Waals surface area contributed by atoms with E-state index >= 15 is 0 Å². The Hall–Kier alpha value is -3.97. The van der Waals surface area contributed by atoms with Gasteiger partial charge >= 0.3 is 0 Å². The van der Waals surface area contributed by atoms with Crippen molar-refractivity contribution in [1.82, 2.24) is 0 Å². The van der Waals surface area contributed by atoms with Crippen LogP contribution in [0.2, 0.25) is 5.02 Å². The summed E-state index contributed by atoms with van der Waals surface area (Å²) in [4.78, 5) is 28.2. The zero-order valence-corrected chi connectivity index (χ0v) is 21.1. The molecule has 1 atom stereocenters. The van der Waals surface area contributed by atoms with Gasteiger partial charge in [0.15, 0.2) is 11.5 Å². The molecule has 36 heavy (non-hydrogen) atoms. The lowest BCUT2D eigenvalue weighted by atomic mass is 9.94. The number of carbonyl (C=O) groups is 2. The van der Waals surface area contributed by atoms with E-state index in [9.17, 15) is 14.7 Å². The summed E-state index contributed by atoms with van der Waals surface area (Å²) in [5.41, 5.74) is 2.07. The summed E-state index contributed by atoms with van der Waals surface area (Å²) in [6, 6.07) is 16.2. The zero-order valence-electron chi connectivity index (χ0n) is 20.4. The molecule has 186 valence electrons. The maximum atomic E-state index is 13.4. The van der Waals surface area contributed by atoms with Gasteiger partial charge in [-0.3, -0.25) is 14.5 Å². The second kappa shape index (κ2) is 10.3. The van der Waals surface area contributed by atoms with Crippen LogP contribution in [0.4, 0.5) is 5.69 Å². The number of aliphatic hydroxyl groups excluding tert-OH is 1. The lowest BCUT2D eigenvalue weighted by molar-refractivity contribution is -0.132. The summed E-state index contributed by atoms with van der Waals surface area (Å²) >= 11 is 6.39. The van der Waals surface area contributed by atoms with Crippen LogP contribution in [0.1, 0.15) is 29.7 Å². The van der Waals surface area contributed by atoms with E-state index in [0.29, 0.717) is 35.1 Å². The molecule has 0 radical (unpaired) electrons. The number of methoxy groups -OCH3 is 2. The molecule has 1 N–H and O–H groups in total. The monoisotopic (exact) mass is 507 g/mol. The minimum atomic E-state index is -0.946. The van der Waals surface area contributed by atoms with Crippen LogP contribution in [0.15, 0.2) is 66.2 Å². The highest BCUT2D eigenvalue weighted by atomic mass is 35.5. The van der Waals surface area contributed by atoms with Gasteiger partial charge in [0, 0.05) is 11.3 Å². The van der Waals surface area contributed by atoms with E-state index in [-0.39, 0.29) is 16.2 Å². The fourth-order valence-electron chi connectivity index (χ4n) is 4.28. The molecule has 3 aromatic rings. The van der Waals surface area contributed by atoms with E-state index in [1.807, 2.05) is 26.0 Å². The van der Waals surface area contributed by atoms with Crippen LogP contribution < -0.4 is 19.1 Å². The fraction of sp³-hybridized carbons (Fsp3) is 0.214. The largest absolute Gasteiger partial charge is 0.507 e. The van der Waals surface area contributed by atoms with Gasteiger partial charge in [0.2, 0.25) is 0 Å². The SMILES string of the molecule is CCOc1ccc(C2/C(=C(\O)c3cc(OC)ccc3Cl)C(=O)C(=O)N2c2cccc(C)c2)cc1OC. The second-order valence-electron chi connectivity index (χ2n) is 8.20. The van der Waals surface area contributed by atoms with Crippen molar-refractivity contribution in [3.63, 3.8) is 0 Å². The van der Waals surface area contributed by atoms with Crippen molar-refractivity contribution >= 4 is 34.7 Å². The Kier molecular flexibility index (Phi) is 7.22.